The number of carbonyl (C=O) groups is 2. The summed E-state index contributed by atoms with van der Waals surface area (Å²) in [5.74, 6) is -0.785. The Balaban J connectivity index is 1.60. The Bertz CT molecular complexity index is 829. The molecule has 2 fully saturated rings. The summed E-state index contributed by atoms with van der Waals surface area (Å²) in [5, 5.41) is 2.98. The van der Waals surface area contributed by atoms with Gasteiger partial charge in [0.05, 0.1) is 6.04 Å². The Morgan fingerprint density at radius 2 is 1.97 bits per heavy atom. The van der Waals surface area contributed by atoms with Gasteiger partial charge in [0.1, 0.15) is 18.5 Å². The Morgan fingerprint density at radius 1 is 1.21 bits per heavy atom. The van der Waals surface area contributed by atoms with Gasteiger partial charge in [-0.15, -0.1) is 0 Å². The number of unbranched alkanes of at least 4 members (excludes halogenated alkanes) is 1. The standard InChI is InChI=1S/C26H38FN3O3/c1-3-5-16-29(4-2)17-10-15-28-25(31)19-30-22-13-8-9-14-23(22)33-24(26(30)32)18-20-11-6-7-12-21(20)27/h6-7,11-12,18,22-23H,3-5,8-10,13-17,19H2,1-2H3,(H,28,31)/b24-18-. The summed E-state index contributed by atoms with van der Waals surface area (Å²) in [6.07, 6.45) is 8.23. The van der Waals surface area contributed by atoms with Gasteiger partial charge >= 0.3 is 0 Å². The maximum atomic E-state index is 14.1. The van der Waals surface area contributed by atoms with E-state index in [0.717, 1.165) is 51.7 Å². The van der Waals surface area contributed by atoms with Crippen molar-refractivity contribution >= 4 is 17.9 Å². The quantitative estimate of drug-likeness (QED) is 0.402. The van der Waals surface area contributed by atoms with E-state index in [2.05, 4.69) is 24.1 Å². The average molecular weight is 460 g/mol. The Hall–Kier alpha value is -2.41. The highest BCUT2D eigenvalue weighted by Crippen LogP contribution is 2.33. The number of carbonyl (C=O) groups excluding carboxylic acids is 2. The number of rotatable bonds is 11. The third-order valence-electron chi connectivity index (χ3n) is 6.57. The summed E-state index contributed by atoms with van der Waals surface area (Å²) in [5.41, 5.74) is 0.308. The van der Waals surface area contributed by atoms with Crippen LogP contribution in [0.2, 0.25) is 0 Å². The van der Waals surface area contributed by atoms with Crippen LogP contribution in [0, 0.1) is 5.82 Å². The molecule has 1 heterocycles. The largest absolute Gasteiger partial charge is 0.482 e. The predicted molar refractivity (Wildman–Crippen MR) is 128 cm³/mol. The van der Waals surface area contributed by atoms with Crippen LogP contribution < -0.4 is 5.32 Å². The maximum absolute atomic E-state index is 14.1. The summed E-state index contributed by atoms with van der Waals surface area (Å²) in [4.78, 5) is 29.9. The van der Waals surface area contributed by atoms with Crippen LogP contribution in [-0.4, -0.2) is 66.5 Å². The molecule has 0 aromatic heterocycles. The molecule has 2 atom stereocenters. The van der Waals surface area contributed by atoms with Gasteiger partial charge in [-0.05, 0) is 63.9 Å². The first-order valence-corrected chi connectivity index (χ1v) is 12.5. The SMILES string of the molecule is CCCCN(CC)CCCNC(=O)CN1C(=O)/C(=C/c2ccccc2F)OC2CCCCC21. The second-order valence-electron chi connectivity index (χ2n) is 8.96. The van der Waals surface area contributed by atoms with Gasteiger partial charge in [0, 0.05) is 12.1 Å². The molecule has 2 unspecified atom stereocenters. The number of nitrogens with one attached hydrogen (secondary N) is 1. The van der Waals surface area contributed by atoms with Gasteiger partial charge in [0.25, 0.3) is 5.91 Å². The molecule has 1 aromatic carbocycles. The topological polar surface area (TPSA) is 61.9 Å². The monoisotopic (exact) mass is 459 g/mol. The number of hydrogen-bond acceptors (Lipinski definition) is 4. The number of nitrogens with zero attached hydrogens (tertiary/aromatic N) is 2. The molecule has 7 heteroatoms. The zero-order valence-corrected chi connectivity index (χ0v) is 20.0. The second kappa shape index (κ2) is 12.7. The molecule has 1 aliphatic carbocycles. The lowest BCUT2D eigenvalue weighted by atomic mass is 9.89. The number of amides is 2. The fourth-order valence-electron chi connectivity index (χ4n) is 4.65. The molecule has 1 N–H and O–H groups in total. The Kier molecular flexibility index (Phi) is 9.73. The second-order valence-corrected chi connectivity index (χ2v) is 8.96. The number of benzene rings is 1. The lowest BCUT2D eigenvalue weighted by molar-refractivity contribution is -0.151. The van der Waals surface area contributed by atoms with Crippen molar-refractivity contribution in [2.24, 2.45) is 0 Å². The van der Waals surface area contributed by atoms with Gasteiger partial charge in [-0.2, -0.15) is 0 Å². The Labute approximate surface area is 197 Å². The highest BCUT2D eigenvalue weighted by molar-refractivity contribution is 5.98. The van der Waals surface area contributed by atoms with E-state index in [-0.39, 0.29) is 36.3 Å². The van der Waals surface area contributed by atoms with Gasteiger partial charge in [0.2, 0.25) is 5.91 Å². The van der Waals surface area contributed by atoms with Crippen LogP contribution in [0.15, 0.2) is 30.0 Å². The number of fused-ring (bicyclic) bond motifs is 1. The van der Waals surface area contributed by atoms with Crippen LogP contribution >= 0.6 is 0 Å². The van der Waals surface area contributed by atoms with Gasteiger partial charge in [0.15, 0.2) is 5.76 Å². The number of morpholine rings is 1. The summed E-state index contributed by atoms with van der Waals surface area (Å²) in [6, 6.07) is 6.19. The van der Waals surface area contributed by atoms with E-state index < -0.39 is 5.82 Å². The van der Waals surface area contributed by atoms with Gasteiger partial charge in [-0.1, -0.05) is 44.9 Å². The Morgan fingerprint density at radius 3 is 2.73 bits per heavy atom. The predicted octanol–water partition coefficient (Wildman–Crippen LogP) is 3.96. The molecule has 6 nitrogen and oxygen atoms in total. The molecule has 182 valence electrons. The van der Waals surface area contributed by atoms with E-state index >= 15 is 0 Å². The van der Waals surface area contributed by atoms with Crippen molar-refractivity contribution < 1.29 is 18.7 Å². The van der Waals surface area contributed by atoms with Crippen molar-refractivity contribution in [3.8, 4) is 0 Å². The van der Waals surface area contributed by atoms with Crippen LogP contribution in [0.4, 0.5) is 4.39 Å². The van der Waals surface area contributed by atoms with Crippen molar-refractivity contribution in [2.45, 2.75) is 70.9 Å². The molecule has 1 saturated carbocycles. The van der Waals surface area contributed by atoms with E-state index in [1.165, 1.54) is 25.0 Å². The minimum Gasteiger partial charge on any atom is -0.482 e. The lowest BCUT2D eigenvalue weighted by Gasteiger charge is -2.44. The van der Waals surface area contributed by atoms with Gasteiger partial charge in [-0.3, -0.25) is 9.59 Å². The van der Waals surface area contributed by atoms with Gasteiger partial charge < -0.3 is 19.9 Å². The molecule has 1 aromatic rings. The van der Waals surface area contributed by atoms with E-state index in [4.69, 9.17) is 4.74 Å². The normalized spacial score (nSPS) is 21.8. The average Bonchev–Trinajstić information content (AvgIpc) is 2.82. The fourth-order valence-corrected chi connectivity index (χ4v) is 4.65. The highest BCUT2D eigenvalue weighted by Gasteiger charge is 2.42. The molecule has 3 rings (SSSR count). The fraction of sp³-hybridized carbons (Fsp3) is 0.615. The van der Waals surface area contributed by atoms with E-state index in [9.17, 15) is 14.0 Å². The maximum Gasteiger partial charge on any atom is 0.289 e. The molecular weight excluding hydrogens is 421 g/mol. The van der Waals surface area contributed by atoms with E-state index in [1.807, 2.05) is 0 Å². The van der Waals surface area contributed by atoms with Gasteiger partial charge in [-0.25, -0.2) is 4.39 Å². The van der Waals surface area contributed by atoms with Crippen LogP contribution in [-0.2, 0) is 14.3 Å². The molecule has 0 spiro atoms. The molecule has 33 heavy (non-hydrogen) atoms. The third-order valence-corrected chi connectivity index (χ3v) is 6.57. The minimum atomic E-state index is -0.406. The van der Waals surface area contributed by atoms with E-state index in [0.29, 0.717) is 12.1 Å². The molecular formula is C26H38FN3O3. The molecule has 1 aliphatic heterocycles. The number of halogens is 1. The first-order chi connectivity index (χ1) is 16.0. The van der Waals surface area contributed by atoms with Crippen molar-refractivity contribution in [1.82, 2.24) is 15.1 Å². The summed E-state index contributed by atoms with van der Waals surface area (Å²) in [6.45, 7) is 7.99. The molecule has 0 radical (unpaired) electrons. The summed E-state index contributed by atoms with van der Waals surface area (Å²) < 4.78 is 20.2. The first-order valence-electron chi connectivity index (χ1n) is 12.5. The van der Waals surface area contributed by atoms with E-state index in [1.54, 1.807) is 23.1 Å². The highest BCUT2D eigenvalue weighted by atomic mass is 19.1. The van der Waals surface area contributed by atoms with Crippen LogP contribution in [0.25, 0.3) is 6.08 Å². The lowest BCUT2D eigenvalue weighted by Crippen LogP contribution is -2.57. The molecule has 2 amide bonds. The van der Waals surface area contributed by atoms with Crippen molar-refractivity contribution in [3.63, 3.8) is 0 Å². The molecule has 0 bridgehead atoms. The molecule has 2 aliphatic rings. The first kappa shape index (κ1) is 25.2. The smallest absolute Gasteiger partial charge is 0.289 e. The minimum absolute atomic E-state index is 0.00526. The molecule has 1 saturated heterocycles. The zero-order valence-electron chi connectivity index (χ0n) is 20.0. The van der Waals surface area contributed by atoms with Crippen LogP contribution in [0.1, 0.15) is 64.4 Å². The third kappa shape index (κ3) is 7.03. The van der Waals surface area contributed by atoms with Crippen molar-refractivity contribution in [3.05, 3.63) is 41.4 Å². The van der Waals surface area contributed by atoms with Crippen LogP contribution in [0.5, 0.6) is 0 Å². The zero-order chi connectivity index (χ0) is 23.6. The van der Waals surface area contributed by atoms with Crippen molar-refractivity contribution in [2.75, 3.05) is 32.7 Å². The van der Waals surface area contributed by atoms with Crippen LogP contribution in [0.3, 0.4) is 0 Å². The number of hydrogen-bond donors (Lipinski definition) is 1. The summed E-state index contributed by atoms with van der Waals surface area (Å²) >= 11 is 0. The summed E-state index contributed by atoms with van der Waals surface area (Å²) in [7, 11) is 0. The van der Waals surface area contributed by atoms with Crippen molar-refractivity contribution in [1.29, 1.82) is 0 Å². The number of ether oxygens (including phenoxy) is 1.